The van der Waals surface area contributed by atoms with Gasteiger partial charge in [0.2, 0.25) is 5.78 Å². The van der Waals surface area contributed by atoms with Crippen LogP contribution in [0.15, 0.2) is 47.6 Å². The van der Waals surface area contributed by atoms with Gasteiger partial charge in [-0.2, -0.15) is 0 Å². The van der Waals surface area contributed by atoms with Crippen LogP contribution < -0.4 is 0 Å². The van der Waals surface area contributed by atoms with Crippen LogP contribution >= 0.6 is 0 Å². The lowest BCUT2D eigenvalue weighted by atomic mass is 9.80. The van der Waals surface area contributed by atoms with E-state index in [0.29, 0.717) is 74.6 Å². The van der Waals surface area contributed by atoms with Crippen molar-refractivity contribution in [3.05, 3.63) is 47.6 Å². The Kier molecular flexibility index (Phi) is 28.4. The number of rotatable bonds is 32. The first-order chi connectivity index (χ1) is 28.1. The molecule has 10 heteroatoms. The average Bonchev–Trinajstić information content (AvgIpc) is 3.22. The maximum absolute atomic E-state index is 13.0. The Morgan fingerprint density at radius 2 is 1.58 bits per heavy atom. The lowest BCUT2D eigenvalue weighted by molar-refractivity contribution is -0.160. The fourth-order valence-corrected chi connectivity index (χ4v) is 8.09. The summed E-state index contributed by atoms with van der Waals surface area (Å²) in [7, 11) is 1.63. The van der Waals surface area contributed by atoms with Gasteiger partial charge in [0.15, 0.2) is 0 Å². The number of ketones is 2. The fraction of sp³-hybridized carbons (Fsp3) is 0.755. The third kappa shape index (κ3) is 22.0. The Labute approximate surface area is 358 Å². The lowest BCUT2D eigenvalue weighted by Gasteiger charge is -2.33. The Bertz CT molecular complexity index is 1350. The van der Waals surface area contributed by atoms with Crippen LogP contribution in [0.25, 0.3) is 0 Å². The summed E-state index contributed by atoms with van der Waals surface area (Å²) in [4.78, 5) is 51.7. The molecule has 1 aliphatic heterocycles. The van der Waals surface area contributed by atoms with E-state index in [1.165, 1.54) is 29.7 Å². The first-order valence-electron chi connectivity index (χ1n) is 22.7. The standard InChI is InChI=1S/C49H83NO9/c1-11-42(23-20-29-58-30-28-51)33-40(8)39(7)32-36(4)31-35(3)25-26-45(52)37(5)21-16-14-13-15-17-22-38(6)46(57-10)34-43(12-2)59-41(9)47(53)48(54)50-27-19-18-24-44(50)49(55)56/h13-15,17,22,31,36-37,39-44,46,51H,11-12,16,18-21,23-30,32-34H2,1-10H3,(H,55,56)/t36-,37+,39?,40+,41?,42?,43?,44?,46?/m1/s1. The molecule has 0 aliphatic carbocycles. The number of carbonyl (C=O) groups is 4. The van der Waals surface area contributed by atoms with Crippen molar-refractivity contribution in [2.24, 2.45) is 29.6 Å². The molecule has 0 bridgehead atoms. The second kappa shape index (κ2) is 31.0. The first-order valence-corrected chi connectivity index (χ1v) is 22.7. The number of aliphatic hydroxyl groups is 1. The maximum atomic E-state index is 13.0. The van der Waals surface area contributed by atoms with E-state index in [1.54, 1.807) is 14.0 Å². The van der Waals surface area contributed by atoms with Crippen molar-refractivity contribution >= 4 is 23.4 Å². The zero-order valence-corrected chi connectivity index (χ0v) is 38.6. The molecular weight excluding hydrogens is 747 g/mol. The van der Waals surface area contributed by atoms with E-state index in [0.717, 1.165) is 44.3 Å². The molecule has 2 N–H and O–H groups in total. The Morgan fingerprint density at radius 3 is 2.22 bits per heavy atom. The molecule has 0 aromatic rings. The number of carboxylic acid groups (broad SMARTS) is 1. The van der Waals surface area contributed by atoms with Crippen LogP contribution in [-0.2, 0) is 33.4 Å². The third-order valence-corrected chi connectivity index (χ3v) is 12.3. The Balaban J connectivity index is 2.50. The number of hydrogen-bond donors (Lipinski definition) is 2. The highest BCUT2D eigenvalue weighted by Gasteiger charge is 2.37. The van der Waals surface area contributed by atoms with E-state index in [-0.39, 0.29) is 31.3 Å². The van der Waals surface area contributed by atoms with Gasteiger partial charge >= 0.3 is 5.97 Å². The number of amides is 1. The molecule has 1 amide bonds. The number of nitrogens with zero attached hydrogens (tertiary/aromatic N) is 1. The summed E-state index contributed by atoms with van der Waals surface area (Å²) in [5.74, 6) is 0.228. The molecular formula is C49H83NO9. The molecule has 0 aromatic heterocycles. The number of piperidine rings is 1. The van der Waals surface area contributed by atoms with Crippen LogP contribution in [0, 0.1) is 29.6 Å². The largest absolute Gasteiger partial charge is 0.480 e. The monoisotopic (exact) mass is 830 g/mol. The number of Topliss-reactive ketones (excluding diaryl/α,β-unsaturated/α-hetero) is 2. The molecule has 9 atom stereocenters. The Hall–Kier alpha value is -2.92. The number of aliphatic hydroxyl groups excluding tert-OH is 1. The van der Waals surface area contributed by atoms with Crippen LogP contribution in [0.1, 0.15) is 152 Å². The number of ether oxygens (including phenoxy) is 3. The fourth-order valence-electron chi connectivity index (χ4n) is 8.09. The smallest absolute Gasteiger partial charge is 0.326 e. The molecule has 1 fully saturated rings. The third-order valence-electron chi connectivity index (χ3n) is 12.3. The summed E-state index contributed by atoms with van der Waals surface area (Å²) < 4.78 is 17.2. The zero-order chi connectivity index (χ0) is 44.3. The number of hydrogen-bond acceptors (Lipinski definition) is 8. The topological polar surface area (TPSA) is 140 Å². The highest BCUT2D eigenvalue weighted by Crippen LogP contribution is 2.30. The van der Waals surface area contributed by atoms with E-state index < -0.39 is 29.8 Å². The van der Waals surface area contributed by atoms with E-state index >= 15 is 0 Å². The molecule has 0 radical (unpaired) electrons. The van der Waals surface area contributed by atoms with Gasteiger partial charge in [-0.3, -0.25) is 14.4 Å². The van der Waals surface area contributed by atoms with Gasteiger partial charge in [-0.1, -0.05) is 90.0 Å². The number of aliphatic carboxylic acids is 1. The van der Waals surface area contributed by atoms with Crippen LogP contribution in [0.3, 0.4) is 0 Å². The van der Waals surface area contributed by atoms with Crippen molar-refractivity contribution in [3.8, 4) is 0 Å². The van der Waals surface area contributed by atoms with E-state index in [2.05, 4.69) is 46.8 Å². The minimum absolute atomic E-state index is 0.0170. The molecule has 0 saturated carbocycles. The summed E-state index contributed by atoms with van der Waals surface area (Å²) >= 11 is 0. The van der Waals surface area contributed by atoms with E-state index in [4.69, 9.17) is 19.3 Å². The summed E-state index contributed by atoms with van der Waals surface area (Å²) in [6.45, 7) is 20.5. The van der Waals surface area contributed by atoms with E-state index in [9.17, 15) is 24.3 Å². The highest BCUT2D eigenvalue weighted by atomic mass is 16.5. The van der Waals surface area contributed by atoms with Crippen LogP contribution in [-0.4, -0.2) is 96.4 Å². The van der Waals surface area contributed by atoms with Gasteiger partial charge in [0.25, 0.3) is 5.91 Å². The van der Waals surface area contributed by atoms with Gasteiger partial charge in [-0.25, -0.2) is 4.79 Å². The van der Waals surface area contributed by atoms with Gasteiger partial charge in [0.05, 0.1) is 25.4 Å². The quantitative estimate of drug-likeness (QED) is 0.0294. The SMILES string of the molecule is CCC(CCCOCCO)C[C@H](C)C(C)C[C@H](C)C=C(C)CCC(=O)[C@@H](C)CCC=CC=CC=C(C)C(CC(CC)OC(C)C(=O)C(=O)N1CCCCC1C(=O)O)OC. The molecule has 1 aliphatic rings. The van der Waals surface area contributed by atoms with Crippen LogP contribution in [0.5, 0.6) is 0 Å². The van der Waals surface area contributed by atoms with E-state index in [1.807, 2.05) is 45.1 Å². The molecule has 59 heavy (non-hydrogen) atoms. The van der Waals surface area contributed by atoms with Crippen molar-refractivity contribution in [2.75, 3.05) is 33.5 Å². The summed E-state index contributed by atoms with van der Waals surface area (Å²) in [6.07, 6.45) is 22.5. The molecule has 0 spiro atoms. The molecule has 1 heterocycles. The predicted octanol–water partition coefficient (Wildman–Crippen LogP) is 9.88. The van der Waals surface area contributed by atoms with Crippen LogP contribution in [0.4, 0.5) is 0 Å². The lowest BCUT2D eigenvalue weighted by Crippen LogP contribution is -2.52. The minimum Gasteiger partial charge on any atom is -0.480 e. The molecule has 0 aromatic carbocycles. The van der Waals surface area contributed by atoms with Crippen molar-refractivity contribution < 1.29 is 43.6 Å². The second-order valence-corrected chi connectivity index (χ2v) is 17.3. The minimum atomic E-state index is -1.09. The normalized spacial score (nSPS) is 19.6. The van der Waals surface area contributed by atoms with Gasteiger partial charge in [0, 0.05) is 39.0 Å². The van der Waals surface area contributed by atoms with Crippen molar-refractivity contribution in [2.45, 2.75) is 177 Å². The first kappa shape index (κ1) is 54.1. The van der Waals surface area contributed by atoms with Crippen molar-refractivity contribution in [1.29, 1.82) is 0 Å². The van der Waals surface area contributed by atoms with Crippen molar-refractivity contribution in [1.82, 2.24) is 4.90 Å². The number of likely N-dealkylation sites (tertiary alicyclic amines) is 1. The summed E-state index contributed by atoms with van der Waals surface area (Å²) in [6, 6.07) is -0.974. The number of methoxy groups -OCH3 is 1. The van der Waals surface area contributed by atoms with Gasteiger partial charge in [-0.05, 0) is 121 Å². The highest BCUT2D eigenvalue weighted by molar-refractivity contribution is 6.38. The average molecular weight is 830 g/mol. The Morgan fingerprint density at radius 1 is 0.864 bits per heavy atom. The molecule has 1 saturated heterocycles. The number of allylic oxidation sites excluding steroid dienone is 7. The van der Waals surface area contributed by atoms with Gasteiger partial charge in [0.1, 0.15) is 17.9 Å². The number of carboxylic acids is 1. The molecule has 6 unspecified atom stereocenters. The van der Waals surface area contributed by atoms with Crippen LogP contribution in [0.2, 0.25) is 0 Å². The molecule has 10 nitrogen and oxygen atoms in total. The van der Waals surface area contributed by atoms with Gasteiger partial charge < -0.3 is 29.3 Å². The molecule has 1 rings (SSSR count). The molecule has 338 valence electrons. The predicted molar refractivity (Wildman–Crippen MR) is 238 cm³/mol. The summed E-state index contributed by atoms with van der Waals surface area (Å²) in [5.41, 5.74) is 2.29. The zero-order valence-electron chi connectivity index (χ0n) is 38.6. The second-order valence-electron chi connectivity index (χ2n) is 17.3. The van der Waals surface area contributed by atoms with Crippen molar-refractivity contribution in [3.63, 3.8) is 0 Å². The van der Waals surface area contributed by atoms with Gasteiger partial charge in [-0.15, -0.1) is 0 Å². The number of carbonyl (C=O) groups excluding carboxylic acids is 3. The maximum Gasteiger partial charge on any atom is 0.326 e. The summed E-state index contributed by atoms with van der Waals surface area (Å²) in [5, 5.41) is 18.4.